The number of carbonyl (C=O) groups is 1. The Morgan fingerprint density at radius 3 is 2.68 bits per heavy atom. The number of fused-ring (bicyclic) bond motifs is 2. The van der Waals surface area contributed by atoms with Crippen LogP contribution < -0.4 is 16.0 Å². The van der Waals surface area contributed by atoms with Gasteiger partial charge >= 0.3 is 6.03 Å². The molecule has 0 fully saturated rings. The quantitative estimate of drug-likeness (QED) is 0.314. The lowest BCUT2D eigenvalue weighted by molar-refractivity contribution is 0.244. The summed E-state index contributed by atoms with van der Waals surface area (Å²) in [5.41, 5.74) is 12.5. The van der Waals surface area contributed by atoms with Crippen molar-refractivity contribution in [3.63, 3.8) is 0 Å². The van der Waals surface area contributed by atoms with Crippen LogP contribution in [0.25, 0.3) is 34.1 Å². The first-order chi connectivity index (χ1) is 20.1. The fraction of sp³-hybridized carbons (Fsp3) is 0.129. The number of aromatic nitrogens is 6. The van der Waals surface area contributed by atoms with Crippen molar-refractivity contribution >= 4 is 28.7 Å². The fourth-order valence-corrected chi connectivity index (χ4v) is 5.42. The minimum absolute atomic E-state index is 0.0739. The number of hydrogen-bond acceptors (Lipinski definition) is 6. The van der Waals surface area contributed by atoms with E-state index in [1.807, 2.05) is 77.5 Å². The third-order valence-corrected chi connectivity index (χ3v) is 7.52. The Kier molecular flexibility index (Phi) is 5.93. The zero-order chi connectivity index (χ0) is 27.9. The summed E-state index contributed by atoms with van der Waals surface area (Å²) in [5, 5.41) is 7.55. The number of urea groups is 1. The number of nitrogens with two attached hydrogens (primary N) is 1. The minimum atomic E-state index is -0.136. The van der Waals surface area contributed by atoms with Gasteiger partial charge in [0, 0.05) is 37.0 Å². The van der Waals surface area contributed by atoms with Crippen molar-refractivity contribution in [2.24, 2.45) is 0 Å². The summed E-state index contributed by atoms with van der Waals surface area (Å²) in [6.07, 6.45) is 6.90. The van der Waals surface area contributed by atoms with Gasteiger partial charge in [-0.2, -0.15) is 5.10 Å². The van der Waals surface area contributed by atoms with Gasteiger partial charge in [0.2, 0.25) is 0 Å². The number of hydrogen-bond donors (Lipinski definition) is 2. The van der Waals surface area contributed by atoms with Gasteiger partial charge in [-0.3, -0.25) is 9.47 Å². The number of para-hydroxylation sites is 1. The molecule has 2 aromatic carbocycles. The average Bonchev–Trinajstić information content (AvgIpc) is 3.76. The van der Waals surface area contributed by atoms with Crippen molar-refractivity contribution < 1.29 is 4.79 Å². The highest BCUT2D eigenvalue weighted by Gasteiger charge is 2.27. The lowest BCUT2D eigenvalue weighted by Crippen LogP contribution is -2.38. The average molecular weight is 542 g/mol. The van der Waals surface area contributed by atoms with Crippen LogP contribution in [0.4, 0.5) is 16.3 Å². The second-order valence-electron chi connectivity index (χ2n) is 9.99. The molecule has 6 aromatic rings. The largest absolute Gasteiger partial charge is 0.383 e. The number of nitrogens with zero attached hydrogens (tertiary/aromatic N) is 7. The summed E-state index contributed by atoms with van der Waals surface area (Å²) in [5.74, 6) is 1.73. The van der Waals surface area contributed by atoms with Crippen LogP contribution in [-0.4, -0.2) is 42.4 Å². The van der Waals surface area contributed by atoms with E-state index in [1.165, 1.54) is 5.56 Å². The van der Waals surface area contributed by atoms with Crippen LogP contribution in [0.1, 0.15) is 23.6 Å². The minimum Gasteiger partial charge on any atom is -0.383 e. The summed E-state index contributed by atoms with van der Waals surface area (Å²) >= 11 is 0. The molecule has 1 aliphatic carbocycles. The van der Waals surface area contributed by atoms with Crippen LogP contribution in [0, 0.1) is 0 Å². The number of nitrogen functional groups attached to an aromatic ring is 1. The first-order valence-corrected chi connectivity index (χ1v) is 13.4. The van der Waals surface area contributed by atoms with Crippen LogP contribution in [0.2, 0.25) is 0 Å². The Labute approximate surface area is 236 Å². The Morgan fingerprint density at radius 2 is 1.88 bits per heavy atom. The van der Waals surface area contributed by atoms with Crippen LogP contribution in [0.5, 0.6) is 0 Å². The first-order valence-electron chi connectivity index (χ1n) is 13.4. The summed E-state index contributed by atoms with van der Waals surface area (Å²) in [6.45, 7) is 0. The molecule has 1 atom stereocenters. The summed E-state index contributed by atoms with van der Waals surface area (Å²) < 4.78 is 3.74. The third-order valence-electron chi connectivity index (χ3n) is 7.52. The van der Waals surface area contributed by atoms with Gasteiger partial charge < -0.3 is 11.1 Å². The van der Waals surface area contributed by atoms with Gasteiger partial charge in [-0.25, -0.2) is 24.4 Å². The number of pyridine rings is 2. The van der Waals surface area contributed by atoms with Crippen molar-refractivity contribution in [3.05, 3.63) is 109 Å². The Bertz CT molecular complexity index is 1880. The van der Waals surface area contributed by atoms with E-state index in [2.05, 4.69) is 27.5 Å². The molecule has 0 aliphatic heterocycles. The lowest BCUT2D eigenvalue weighted by atomic mass is 10.1. The number of amides is 2. The molecular weight excluding hydrogens is 514 g/mol. The van der Waals surface area contributed by atoms with Crippen LogP contribution in [-0.2, 0) is 6.42 Å². The number of aryl methyl sites for hydroxylation is 1. The molecule has 0 bridgehead atoms. The van der Waals surface area contributed by atoms with Gasteiger partial charge in [0.1, 0.15) is 11.3 Å². The highest BCUT2D eigenvalue weighted by Crippen LogP contribution is 2.36. The molecule has 3 N–H and O–H groups in total. The van der Waals surface area contributed by atoms with E-state index in [0.29, 0.717) is 23.1 Å². The highest BCUT2D eigenvalue weighted by molar-refractivity contribution is 5.91. The normalized spacial score (nSPS) is 14.2. The lowest BCUT2D eigenvalue weighted by Gasteiger charge is -2.22. The molecule has 0 saturated carbocycles. The fourth-order valence-electron chi connectivity index (χ4n) is 5.42. The number of imidazole rings is 1. The molecule has 1 aliphatic rings. The van der Waals surface area contributed by atoms with E-state index in [9.17, 15) is 4.79 Å². The van der Waals surface area contributed by atoms with Crippen molar-refractivity contribution in [2.75, 3.05) is 17.7 Å². The SMILES string of the molecule is CN(C(=O)N[C@H]1CCc2cc(-n3c(-c4cccnc4N)nc4ccc(-n5cccn5)nc43)ccc21)c1ccccc1. The first kappa shape index (κ1) is 24.5. The maximum Gasteiger partial charge on any atom is 0.322 e. The summed E-state index contributed by atoms with van der Waals surface area (Å²) in [4.78, 5) is 28.8. The molecule has 41 heavy (non-hydrogen) atoms. The Balaban J connectivity index is 1.28. The predicted molar refractivity (Wildman–Crippen MR) is 158 cm³/mol. The van der Waals surface area contributed by atoms with Crippen LogP contribution in [0.15, 0.2) is 97.5 Å². The van der Waals surface area contributed by atoms with E-state index in [-0.39, 0.29) is 12.1 Å². The molecule has 4 heterocycles. The topological polar surface area (TPSA) is 120 Å². The molecule has 10 nitrogen and oxygen atoms in total. The van der Waals surface area contributed by atoms with Crippen LogP contribution in [0.3, 0.4) is 0 Å². The maximum atomic E-state index is 13.0. The summed E-state index contributed by atoms with van der Waals surface area (Å²) in [6, 6.07) is 25.1. The molecule has 202 valence electrons. The van der Waals surface area contributed by atoms with E-state index in [1.54, 1.807) is 29.0 Å². The molecular formula is C31H27N9O. The number of rotatable bonds is 5. The molecule has 0 radical (unpaired) electrons. The molecule has 4 aromatic heterocycles. The van der Waals surface area contributed by atoms with Crippen molar-refractivity contribution in [3.8, 4) is 22.9 Å². The van der Waals surface area contributed by atoms with E-state index in [4.69, 9.17) is 15.7 Å². The van der Waals surface area contributed by atoms with E-state index < -0.39 is 0 Å². The summed E-state index contributed by atoms with van der Waals surface area (Å²) in [7, 11) is 1.78. The van der Waals surface area contributed by atoms with Gasteiger partial charge in [-0.1, -0.05) is 24.3 Å². The van der Waals surface area contributed by atoms with Gasteiger partial charge in [-0.05, 0) is 78.6 Å². The molecule has 0 unspecified atom stereocenters. The van der Waals surface area contributed by atoms with Gasteiger partial charge in [0.25, 0.3) is 0 Å². The predicted octanol–water partition coefficient (Wildman–Crippen LogP) is 5.08. The Morgan fingerprint density at radius 1 is 1.00 bits per heavy atom. The third kappa shape index (κ3) is 4.35. The Hall–Kier alpha value is -5.51. The van der Waals surface area contributed by atoms with E-state index in [0.717, 1.165) is 40.9 Å². The van der Waals surface area contributed by atoms with Gasteiger partial charge in [-0.15, -0.1) is 0 Å². The van der Waals surface area contributed by atoms with Crippen LogP contribution >= 0.6 is 0 Å². The van der Waals surface area contributed by atoms with Crippen molar-refractivity contribution in [2.45, 2.75) is 18.9 Å². The highest BCUT2D eigenvalue weighted by atomic mass is 16.2. The monoisotopic (exact) mass is 541 g/mol. The molecule has 0 saturated heterocycles. The van der Waals surface area contributed by atoms with Crippen molar-refractivity contribution in [1.29, 1.82) is 0 Å². The second-order valence-corrected chi connectivity index (χ2v) is 9.99. The number of carbonyl (C=O) groups excluding carboxylic acids is 1. The number of anilines is 2. The smallest absolute Gasteiger partial charge is 0.322 e. The second kappa shape index (κ2) is 9.91. The number of benzene rings is 2. The zero-order valence-electron chi connectivity index (χ0n) is 22.3. The molecule has 10 heteroatoms. The number of nitrogens with one attached hydrogen (secondary N) is 1. The van der Waals surface area contributed by atoms with Gasteiger partial charge in [0.15, 0.2) is 17.3 Å². The maximum absolute atomic E-state index is 13.0. The molecule has 7 rings (SSSR count). The molecule has 0 spiro atoms. The van der Waals surface area contributed by atoms with Gasteiger partial charge in [0.05, 0.1) is 11.6 Å². The van der Waals surface area contributed by atoms with Crippen molar-refractivity contribution in [1.82, 2.24) is 34.6 Å². The van der Waals surface area contributed by atoms with E-state index >= 15 is 0 Å². The standard InChI is InChI=1S/C31H27N9O/c1-38(21-7-3-2-4-8-21)31(41)36-25-13-10-20-19-22(11-12-23(20)25)40-29(24-9-5-16-33-28(24)32)35-26-14-15-27(37-30(26)40)39-18-6-17-34-39/h2-9,11-12,14-19,25H,10,13H2,1H3,(H2,32,33)(H,36,41)/t25-/m0/s1. The molecule has 2 amide bonds. The zero-order valence-corrected chi connectivity index (χ0v) is 22.3.